The van der Waals surface area contributed by atoms with E-state index in [1.807, 2.05) is 12.1 Å². The summed E-state index contributed by atoms with van der Waals surface area (Å²) in [4.78, 5) is 27.5. The number of ether oxygens (including phenoxy) is 1. The van der Waals surface area contributed by atoms with Crippen molar-refractivity contribution in [3.05, 3.63) is 70.6 Å². The van der Waals surface area contributed by atoms with Gasteiger partial charge in [0.1, 0.15) is 11.8 Å². The maximum atomic E-state index is 12.9. The van der Waals surface area contributed by atoms with Crippen molar-refractivity contribution >= 4 is 16.9 Å². The molecule has 2 heterocycles. The van der Waals surface area contributed by atoms with E-state index in [4.69, 9.17) is 9.15 Å². The average molecular weight is 335 g/mol. The molecule has 3 aromatic rings. The Labute approximate surface area is 144 Å². The van der Waals surface area contributed by atoms with Crippen LogP contribution in [0.3, 0.4) is 0 Å². The highest BCUT2D eigenvalue weighted by molar-refractivity contribution is 6.01. The number of carbonyl (C=O) groups excluding carboxylic acids is 1. The van der Waals surface area contributed by atoms with Gasteiger partial charge in [0.15, 0.2) is 0 Å². The zero-order valence-corrected chi connectivity index (χ0v) is 13.6. The monoisotopic (exact) mass is 335 g/mol. The van der Waals surface area contributed by atoms with E-state index in [2.05, 4.69) is 0 Å². The number of morpholine rings is 1. The minimum atomic E-state index is -0.135. The molecule has 0 spiro atoms. The molecule has 0 unspecified atom stereocenters. The van der Waals surface area contributed by atoms with Crippen molar-refractivity contribution < 1.29 is 13.9 Å². The summed E-state index contributed by atoms with van der Waals surface area (Å²) in [5.74, 6) is -0.0912. The fraction of sp³-hybridized carbons (Fsp3) is 0.200. The van der Waals surface area contributed by atoms with E-state index in [-0.39, 0.29) is 11.3 Å². The summed E-state index contributed by atoms with van der Waals surface area (Å²) in [6.45, 7) is 2.18. The number of nitrogens with zero attached hydrogens (tertiary/aromatic N) is 1. The molecule has 0 radical (unpaired) electrons. The molecule has 25 heavy (non-hydrogen) atoms. The highest BCUT2D eigenvalue weighted by atomic mass is 16.5. The Balaban J connectivity index is 1.83. The first-order chi connectivity index (χ1) is 12.3. The number of benzene rings is 2. The highest BCUT2D eigenvalue weighted by Gasteiger charge is 2.22. The van der Waals surface area contributed by atoms with E-state index >= 15 is 0 Å². The van der Waals surface area contributed by atoms with Crippen molar-refractivity contribution in [2.75, 3.05) is 26.3 Å². The number of rotatable bonds is 2. The van der Waals surface area contributed by atoms with E-state index in [0.29, 0.717) is 54.0 Å². The van der Waals surface area contributed by atoms with Gasteiger partial charge in [-0.25, -0.2) is 0 Å². The average Bonchev–Trinajstić information content (AvgIpc) is 2.69. The van der Waals surface area contributed by atoms with Crippen molar-refractivity contribution in [1.29, 1.82) is 0 Å². The number of hydrogen-bond donors (Lipinski definition) is 0. The lowest BCUT2D eigenvalue weighted by Crippen LogP contribution is -2.40. The van der Waals surface area contributed by atoms with Gasteiger partial charge in [0, 0.05) is 24.2 Å². The third kappa shape index (κ3) is 2.83. The van der Waals surface area contributed by atoms with Gasteiger partial charge < -0.3 is 14.1 Å². The van der Waals surface area contributed by atoms with E-state index in [1.165, 1.54) is 6.26 Å². The van der Waals surface area contributed by atoms with Gasteiger partial charge in [-0.15, -0.1) is 0 Å². The van der Waals surface area contributed by atoms with E-state index in [0.717, 1.165) is 0 Å². The summed E-state index contributed by atoms with van der Waals surface area (Å²) >= 11 is 0. The first-order valence-corrected chi connectivity index (χ1v) is 8.22. The molecule has 0 N–H and O–H groups in total. The molecule has 5 nitrogen and oxygen atoms in total. The lowest BCUT2D eigenvalue weighted by molar-refractivity contribution is 0.0303. The molecule has 5 heteroatoms. The Morgan fingerprint density at radius 2 is 1.64 bits per heavy atom. The zero-order chi connectivity index (χ0) is 17.2. The molecule has 4 rings (SSSR count). The lowest BCUT2D eigenvalue weighted by atomic mass is 9.99. The minimum Gasteiger partial charge on any atom is -0.463 e. The van der Waals surface area contributed by atoms with Crippen LogP contribution in [0.5, 0.6) is 0 Å². The third-order valence-electron chi connectivity index (χ3n) is 4.43. The van der Waals surface area contributed by atoms with Crippen molar-refractivity contribution in [1.82, 2.24) is 4.90 Å². The van der Waals surface area contributed by atoms with Crippen LogP contribution >= 0.6 is 0 Å². The molecule has 1 fully saturated rings. The molecule has 1 saturated heterocycles. The normalized spacial score (nSPS) is 14.6. The van der Waals surface area contributed by atoms with Crippen molar-refractivity contribution in [2.24, 2.45) is 0 Å². The van der Waals surface area contributed by atoms with E-state index < -0.39 is 0 Å². The van der Waals surface area contributed by atoms with Crippen LogP contribution in [-0.4, -0.2) is 37.1 Å². The fourth-order valence-electron chi connectivity index (χ4n) is 3.11. The van der Waals surface area contributed by atoms with Crippen LogP contribution < -0.4 is 5.43 Å². The number of amides is 1. The summed E-state index contributed by atoms with van der Waals surface area (Å²) in [5.41, 5.74) is 1.90. The Bertz CT molecular complexity index is 986. The Morgan fingerprint density at radius 3 is 2.48 bits per heavy atom. The molecular formula is C20H17NO4. The highest BCUT2D eigenvalue weighted by Crippen LogP contribution is 2.24. The SMILES string of the molecule is O=C(c1ccccc1-c1coc2ccccc2c1=O)N1CCOCC1. The second-order valence-electron chi connectivity index (χ2n) is 5.92. The molecule has 0 atom stereocenters. The van der Waals surface area contributed by atoms with Gasteiger partial charge in [0.25, 0.3) is 5.91 Å². The van der Waals surface area contributed by atoms with Gasteiger partial charge in [0.05, 0.1) is 24.2 Å². The minimum absolute atomic E-state index is 0.0912. The summed E-state index contributed by atoms with van der Waals surface area (Å²) in [7, 11) is 0. The van der Waals surface area contributed by atoms with Crippen LogP contribution in [0.25, 0.3) is 22.1 Å². The third-order valence-corrected chi connectivity index (χ3v) is 4.43. The van der Waals surface area contributed by atoms with Crippen LogP contribution in [0, 0.1) is 0 Å². The van der Waals surface area contributed by atoms with Gasteiger partial charge >= 0.3 is 0 Å². The molecule has 1 aliphatic heterocycles. The topological polar surface area (TPSA) is 59.8 Å². The van der Waals surface area contributed by atoms with Crippen LogP contribution in [0.15, 0.2) is 64.0 Å². The van der Waals surface area contributed by atoms with Gasteiger partial charge in [-0.3, -0.25) is 9.59 Å². The molecular weight excluding hydrogens is 318 g/mol. The molecule has 2 aromatic carbocycles. The standard InChI is InChI=1S/C20H17NO4/c22-19-16-7-3-4-8-18(16)25-13-17(19)14-5-1-2-6-15(14)20(23)21-9-11-24-12-10-21/h1-8,13H,9-12H2. The van der Waals surface area contributed by atoms with Gasteiger partial charge in [0.2, 0.25) is 5.43 Å². The van der Waals surface area contributed by atoms with Crippen LogP contribution in [0.4, 0.5) is 0 Å². The predicted molar refractivity (Wildman–Crippen MR) is 94.6 cm³/mol. The van der Waals surface area contributed by atoms with Crippen molar-refractivity contribution in [3.63, 3.8) is 0 Å². The quantitative estimate of drug-likeness (QED) is 0.722. The Morgan fingerprint density at radius 1 is 0.920 bits per heavy atom. The van der Waals surface area contributed by atoms with Crippen LogP contribution in [0.1, 0.15) is 10.4 Å². The Kier molecular flexibility index (Phi) is 4.07. The van der Waals surface area contributed by atoms with Crippen LogP contribution in [-0.2, 0) is 4.74 Å². The molecule has 1 aromatic heterocycles. The first kappa shape index (κ1) is 15.6. The summed E-state index contributed by atoms with van der Waals surface area (Å²) in [5, 5.41) is 0.508. The van der Waals surface area contributed by atoms with Gasteiger partial charge in [-0.05, 0) is 18.2 Å². The number of fused-ring (bicyclic) bond motifs is 1. The molecule has 126 valence electrons. The lowest BCUT2D eigenvalue weighted by Gasteiger charge is -2.27. The second kappa shape index (κ2) is 6.53. The smallest absolute Gasteiger partial charge is 0.254 e. The fourth-order valence-corrected chi connectivity index (χ4v) is 3.11. The van der Waals surface area contributed by atoms with Crippen LogP contribution in [0.2, 0.25) is 0 Å². The molecule has 0 aliphatic carbocycles. The number of para-hydroxylation sites is 1. The molecule has 0 saturated carbocycles. The molecule has 0 bridgehead atoms. The maximum absolute atomic E-state index is 12.9. The maximum Gasteiger partial charge on any atom is 0.254 e. The summed E-state index contributed by atoms with van der Waals surface area (Å²) in [6, 6.07) is 14.3. The van der Waals surface area contributed by atoms with E-state index in [9.17, 15) is 9.59 Å². The number of carbonyl (C=O) groups is 1. The summed E-state index contributed by atoms with van der Waals surface area (Å²) < 4.78 is 10.9. The van der Waals surface area contributed by atoms with Crippen molar-refractivity contribution in [3.8, 4) is 11.1 Å². The zero-order valence-electron chi connectivity index (χ0n) is 13.6. The number of hydrogen-bond acceptors (Lipinski definition) is 4. The van der Waals surface area contributed by atoms with Crippen molar-refractivity contribution in [2.45, 2.75) is 0 Å². The van der Waals surface area contributed by atoms with E-state index in [1.54, 1.807) is 41.3 Å². The second-order valence-corrected chi connectivity index (χ2v) is 5.92. The Hall–Kier alpha value is -2.92. The van der Waals surface area contributed by atoms with Gasteiger partial charge in [-0.2, -0.15) is 0 Å². The van der Waals surface area contributed by atoms with Gasteiger partial charge in [-0.1, -0.05) is 30.3 Å². The molecule has 1 aliphatic rings. The predicted octanol–water partition coefficient (Wildman–Crippen LogP) is 2.93. The first-order valence-electron chi connectivity index (χ1n) is 8.22. The largest absolute Gasteiger partial charge is 0.463 e. The summed E-state index contributed by atoms with van der Waals surface area (Å²) in [6.07, 6.45) is 1.44. The molecule has 1 amide bonds.